The number of aliphatic hydroxyl groups is 1. The van der Waals surface area contributed by atoms with Gasteiger partial charge in [-0.1, -0.05) is 6.08 Å². The minimum Gasteiger partial charge on any atom is -0.497 e. The molecule has 19 heavy (non-hydrogen) atoms. The van der Waals surface area contributed by atoms with Crippen LogP contribution in [0.15, 0.2) is 30.9 Å². The molecule has 0 spiro atoms. The Morgan fingerprint density at radius 3 is 2.89 bits per heavy atom. The lowest BCUT2D eigenvalue weighted by Gasteiger charge is -2.14. The molecule has 0 aliphatic heterocycles. The lowest BCUT2D eigenvalue weighted by Crippen LogP contribution is -2.29. The number of aliphatic hydroxyl groups excluding tert-OH is 1. The Balaban J connectivity index is 2.74. The third-order valence-electron chi connectivity index (χ3n) is 2.47. The van der Waals surface area contributed by atoms with Crippen molar-refractivity contribution in [3.05, 3.63) is 36.4 Å². The minimum atomic E-state index is -0.683. The van der Waals surface area contributed by atoms with E-state index >= 15 is 0 Å². The third-order valence-corrected chi connectivity index (χ3v) is 2.47. The Bertz CT molecular complexity index is 443. The van der Waals surface area contributed by atoms with Gasteiger partial charge >= 0.3 is 0 Å². The Morgan fingerprint density at radius 2 is 2.32 bits per heavy atom. The van der Waals surface area contributed by atoms with E-state index in [-0.39, 0.29) is 12.5 Å². The summed E-state index contributed by atoms with van der Waals surface area (Å²) in [6.07, 6.45) is 0.905. The van der Waals surface area contributed by atoms with Gasteiger partial charge in [0, 0.05) is 18.2 Å². The molecule has 0 bridgehead atoms. The van der Waals surface area contributed by atoms with Crippen molar-refractivity contribution in [1.82, 2.24) is 5.32 Å². The maximum atomic E-state index is 11.4. The average Bonchev–Trinajstić information content (AvgIpc) is 2.42. The highest BCUT2D eigenvalue weighted by molar-refractivity contribution is 5.77. The second kappa shape index (κ2) is 7.43. The van der Waals surface area contributed by atoms with E-state index in [1.807, 2.05) is 0 Å². The van der Waals surface area contributed by atoms with Crippen LogP contribution in [0.5, 0.6) is 11.5 Å². The largest absolute Gasteiger partial charge is 0.497 e. The lowest BCUT2D eigenvalue weighted by atomic mass is 10.1. The minimum absolute atomic E-state index is 0.124. The maximum absolute atomic E-state index is 11.4. The zero-order chi connectivity index (χ0) is 14.3. The second-order valence-corrected chi connectivity index (χ2v) is 3.96. The van der Waals surface area contributed by atoms with Crippen LogP contribution >= 0.6 is 0 Å². The molecule has 0 heterocycles. The van der Waals surface area contributed by atoms with Crippen LogP contribution < -0.4 is 14.8 Å². The number of nitrogens with one attached hydrogen (secondary N) is 1. The van der Waals surface area contributed by atoms with Crippen molar-refractivity contribution in [3.63, 3.8) is 0 Å². The fraction of sp³-hybridized carbons (Fsp3) is 0.357. The maximum Gasteiger partial charge on any atom is 0.258 e. The average molecular weight is 265 g/mol. The van der Waals surface area contributed by atoms with E-state index in [1.54, 1.807) is 31.2 Å². The quantitative estimate of drug-likeness (QED) is 0.732. The molecule has 0 radical (unpaired) electrons. The number of carbonyl (C=O) groups excluding carboxylic acids is 1. The molecule has 1 atom stereocenters. The molecule has 0 fully saturated rings. The van der Waals surface area contributed by atoms with Crippen LogP contribution in [0.1, 0.15) is 18.6 Å². The summed E-state index contributed by atoms with van der Waals surface area (Å²) >= 11 is 0. The molecule has 1 rings (SSSR count). The topological polar surface area (TPSA) is 67.8 Å². The van der Waals surface area contributed by atoms with Gasteiger partial charge in [0.15, 0.2) is 6.61 Å². The molecule has 2 N–H and O–H groups in total. The van der Waals surface area contributed by atoms with Gasteiger partial charge in [-0.05, 0) is 19.1 Å². The molecule has 1 aromatic carbocycles. The zero-order valence-electron chi connectivity index (χ0n) is 11.2. The van der Waals surface area contributed by atoms with Gasteiger partial charge in [-0.3, -0.25) is 4.79 Å². The summed E-state index contributed by atoms with van der Waals surface area (Å²) in [6.45, 7) is 5.41. The van der Waals surface area contributed by atoms with Crippen LogP contribution in [-0.2, 0) is 4.79 Å². The molecule has 1 aromatic rings. The summed E-state index contributed by atoms with van der Waals surface area (Å²) in [7, 11) is 1.54. The van der Waals surface area contributed by atoms with Gasteiger partial charge < -0.3 is 19.9 Å². The molecule has 104 valence electrons. The number of hydrogen-bond donors (Lipinski definition) is 2. The number of carbonyl (C=O) groups is 1. The van der Waals surface area contributed by atoms with Crippen molar-refractivity contribution in [1.29, 1.82) is 0 Å². The molecule has 0 unspecified atom stereocenters. The highest BCUT2D eigenvalue weighted by Gasteiger charge is 2.12. The summed E-state index contributed by atoms with van der Waals surface area (Å²) in [4.78, 5) is 11.4. The normalized spacial score (nSPS) is 11.5. The predicted octanol–water partition coefficient (Wildman–Crippen LogP) is 1.43. The molecule has 0 aliphatic rings. The van der Waals surface area contributed by atoms with Crippen LogP contribution in [0.4, 0.5) is 0 Å². The van der Waals surface area contributed by atoms with E-state index in [4.69, 9.17) is 9.47 Å². The first-order valence-corrected chi connectivity index (χ1v) is 5.95. The van der Waals surface area contributed by atoms with E-state index in [2.05, 4.69) is 11.9 Å². The van der Waals surface area contributed by atoms with E-state index in [9.17, 15) is 9.90 Å². The smallest absolute Gasteiger partial charge is 0.258 e. The van der Waals surface area contributed by atoms with Crippen molar-refractivity contribution >= 4 is 5.91 Å². The van der Waals surface area contributed by atoms with Crippen LogP contribution in [0.2, 0.25) is 0 Å². The Hall–Kier alpha value is -2.01. The van der Waals surface area contributed by atoms with Gasteiger partial charge in [0.2, 0.25) is 0 Å². The Kier molecular flexibility index (Phi) is 5.89. The first-order chi connectivity index (χ1) is 9.08. The van der Waals surface area contributed by atoms with E-state index < -0.39 is 6.10 Å². The first-order valence-electron chi connectivity index (χ1n) is 5.95. The Morgan fingerprint density at radius 1 is 1.58 bits per heavy atom. The van der Waals surface area contributed by atoms with Crippen molar-refractivity contribution in [2.45, 2.75) is 13.0 Å². The fourth-order valence-electron chi connectivity index (χ4n) is 1.49. The van der Waals surface area contributed by atoms with Crippen molar-refractivity contribution < 1.29 is 19.4 Å². The van der Waals surface area contributed by atoms with E-state index in [0.717, 1.165) is 0 Å². The van der Waals surface area contributed by atoms with Crippen LogP contribution in [0.25, 0.3) is 0 Å². The van der Waals surface area contributed by atoms with Crippen LogP contribution in [0.3, 0.4) is 0 Å². The molecule has 5 heteroatoms. The molecule has 0 saturated carbocycles. The lowest BCUT2D eigenvalue weighted by molar-refractivity contribution is -0.122. The molecule has 5 nitrogen and oxygen atoms in total. The van der Waals surface area contributed by atoms with Gasteiger partial charge in [0.05, 0.1) is 13.2 Å². The number of hydrogen-bond acceptors (Lipinski definition) is 4. The summed E-state index contributed by atoms with van der Waals surface area (Å²) < 4.78 is 10.5. The highest BCUT2D eigenvalue weighted by Crippen LogP contribution is 2.29. The Labute approximate surface area is 112 Å². The van der Waals surface area contributed by atoms with Gasteiger partial charge in [-0.2, -0.15) is 0 Å². The molecule has 1 amide bonds. The van der Waals surface area contributed by atoms with Crippen molar-refractivity contribution in [2.24, 2.45) is 0 Å². The number of methoxy groups -OCH3 is 1. The molecule has 0 saturated heterocycles. The summed E-state index contributed by atoms with van der Waals surface area (Å²) in [5, 5.41) is 12.2. The molecular formula is C14H19NO4. The molecule has 0 aromatic heterocycles. The standard InChI is InChI=1S/C14H19NO4/c1-4-7-15-14(17)9-19-13-8-11(18-3)5-6-12(13)10(2)16/h4-6,8,10,16H,1,7,9H2,2-3H3,(H,15,17)/t10-/m0/s1. The van der Waals surface area contributed by atoms with Crippen molar-refractivity contribution in [2.75, 3.05) is 20.3 Å². The van der Waals surface area contributed by atoms with Crippen LogP contribution in [-0.4, -0.2) is 31.3 Å². The van der Waals surface area contributed by atoms with E-state index in [0.29, 0.717) is 23.6 Å². The summed E-state index contributed by atoms with van der Waals surface area (Å²) in [5.74, 6) is 0.785. The monoisotopic (exact) mass is 265 g/mol. The second-order valence-electron chi connectivity index (χ2n) is 3.96. The van der Waals surface area contributed by atoms with Crippen LogP contribution in [0, 0.1) is 0 Å². The van der Waals surface area contributed by atoms with Gasteiger partial charge in [-0.25, -0.2) is 0 Å². The van der Waals surface area contributed by atoms with E-state index in [1.165, 1.54) is 7.11 Å². The highest BCUT2D eigenvalue weighted by atomic mass is 16.5. The van der Waals surface area contributed by atoms with Gasteiger partial charge in [-0.15, -0.1) is 6.58 Å². The molecular weight excluding hydrogens is 246 g/mol. The summed E-state index contributed by atoms with van der Waals surface area (Å²) in [5.41, 5.74) is 0.609. The number of ether oxygens (including phenoxy) is 2. The number of rotatable bonds is 7. The third kappa shape index (κ3) is 4.63. The zero-order valence-corrected chi connectivity index (χ0v) is 11.2. The fourth-order valence-corrected chi connectivity index (χ4v) is 1.49. The van der Waals surface area contributed by atoms with Gasteiger partial charge in [0.25, 0.3) is 5.91 Å². The number of amides is 1. The first kappa shape index (κ1) is 15.0. The van der Waals surface area contributed by atoms with Crippen molar-refractivity contribution in [3.8, 4) is 11.5 Å². The SMILES string of the molecule is C=CCNC(=O)COc1cc(OC)ccc1[C@H](C)O. The predicted molar refractivity (Wildman–Crippen MR) is 72.3 cm³/mol. The summed E-state index contributed by atoms with van der Waals surface area (Å²) in [6, 6.07) is 5.08. The molecule has 0 aliphatic carbocycles. The van der Waals surface area contributed by atoms with Gasteiger partial charge in [0.1, 0.15) is 11.5 Å². The number of benzene rings is 1.